The Kier molecular flexibility index (Phi) is 2.35. The molecule has 4 nitrogen and oxygen atoms in total. The summed E-state index contributed by atoms with van der Waals surface area (Å²) in [6.07, 6.45) is 0.342. The van der Waals surface area contributed by atoms with Crippen LogP contribution in [0.4, 0.5) is 0 Å². The quantitative estimate of drug-likeness (QED) is 0.625. The number of carbonyl (C=O) groups excluding carboxylic acids is 1. The molecule has 1 saturated heterocycles. The fourth-order valence-electron chi connectivity index (χ4n) is 1.54. The molecule has 12 heavy (non-hydrogen) atoms. The van der Waals surface area contributed by atoms with Crippen molar-refractivity contribution in [2.75, 3.05) is 0 Å². The van der Waals surface area contributed by atoms with Crippen molar-refractivity contribution in [1.29, 1.82) is 0 Å². The van der Waals surface area contributed by atoms with Crippen molar-refractivity contribution in [3.05, 3.63) is 0 Å². The molecule has 0 spiro atoms. The number of carbonyl (C=O) groups is 2. The molecule has 0 aliphatic carbocycles. The fraction of sp³-hybridized carbons (Fsp3) is 0.750. The molecule has 0 unspecified atom stereocenters. The Labute approximate surface area is 71.0 Å². The van der Waals surface area contributed by atoms with E-state index in [1.165, 1.54) is 0 Å². The first-order valence-corrected chi connectivity index (χ1v) is 4.04. The van der Waals surface area contributed by atoms with Crippen LogP contribution in [0.3, 0.4) is 0 Å². The second kappa shape index (κ2) is 3.13. The normalized spacial score (nSPS) is 29.1. The lowest BCUT2D eigenvalue weighted by Gasteiger charge is -2.17. The van der Waals surface area contributed by atoms with Gasteiger partial charge in [0.1, 0.15) is 6.04 Å². The zero-order valence-electron chi connectivity index (χ0n) is 7.20. The molecule has 1 fully saturated rings. The van der Waals surface area contributed by atoms with E-state index in [4.69, 9.17) is 5.11 Å². The van der Waals surface area contributed by atoms with Crippen LogP contribution in [0.5, 0.6) is 0 Å². The van der Waals surface area contributed by atoms with Gasteiger partial charge in [-0.3, -0.25) is 4.79 Å². The van der Waals surface area contributed by atoms with E-state index in [9.17, 15) is 9.59 Å². The molecule has 0 aromatic heterocycles. The molecule has 0 aromatic rings. The molecule has 1 aliphatic rings. The minimum Gasteiger partial charge on any atom is -0.480 e. The van der Waals surface area contributed by atoms with Crippen molar-refractivity contribution in [1.82, 2.24) is 5.32 Å². The third-order valence-electron chi connectivity index (χ3n) is 2.29. The van der Waals surface area contributed by atoms with Gasteiger partial charge in [-0.15, -0.1) is 0 Å². The Balaban J connectivity index is 2.72. The molecule has 0 bridgehead atoms. The summed E-state index contributed by atoms with van der Waals surface area (Å²) in [7, 11) is 0. The van der Waals surface area contributed by atoms with E-state index >= 15 is 0 Å². The maximum Gasteiger partial charge on any atom is 0.326 e. The lowest BCUT2D eigenvalue weighted by molar-refractivity contribution is -0.141. The van der Waals surface area contributed by atoms with Gasteiger partial charge in [0.15, 0.2) is 0 Å². The van der Waals surface area contributed by atoms with Crippen LogP contribution in [0.1, 0.15) is 20.3 Å². The molecular weight excluding hydrogens is 158 g/mol. The van der Waals surface area contributed by atoms with Gasteiger partial charge in [-0.25, -0.2) is 4.79 Å². The van der Waals surface area contributed by atoms with Crippen molar-refractivity contribution in [2.24, 2.45) is 11.8 Å². The van der Waals surface area contributed by atoms with Crippen LogP contribution < -0.4 is 5.32 Å². The number of aliphatic carboxylic acids is 1. The van der Waals surface area contributed by atoms with E-state index in [-0.39, 0.29) is 17.7 Å². The molecule has 2 N–H and O–H groups in total. The van der Waals surface area contributed by atoms with Crippen molar-refractivity contribution in [2.45, 2.75) is 26.3 Å². The first kappa shape index (κ1) is 9.03. The Bertz CT molecular complexity index is 212. The average molecular weight is 171 g/mol. The molecule has 68 valence electrons. The monoisotopic (exact) mass is 171 g/mol. The highest BCUT2D eigenvalue weighted by Crippen LogP contribution is 2.24. The highest BCUT2D eigenvalue weighted by atomic mass is 16.4. The van der Waals surface area contributed by atoms with Crippen LogP contribution in [-0.2, 0) is 9.59 Å². The maximum atomic E-state index is 10.9. The Morgan fingerprint density at radius 2 is 2.25 bits per heavy atom. The highest BCUT2D eigenvalue weighted by Gasteiger charge is 2.38. The van der Waals surface area contributed by atoms with E-state index in [1.54, 1.807) is 0 Å². The molecule has 1 aliphatic heterocycles. The van der Waals surface area contributed by atoms with E-state index in [0.29, 0.717) is 6.42 Å². The maximum absolute atomic E-state index is 10.9. The number of carboxylic acids is 1. The Morgan fingerprint density at radius 1 is 1.67 bits per heavy atom. The van der Waals surface area contributed by atoms with E-state index in [2.05, 4.69) is 5.32 Å². The summed E-state index contributed by atoms with van der Waals surface area (Å²) in [5, 5.41) is 11.2. The van der Waals surface area contributed by atoms with Crippen molar-refractivity contribution in [3.8, 4) is 0 Å². The molecule has 1 heterocycles. The number of nitrogens with one attached hydrogen (secondary N) is 1. The van der Waals surface area contributed by atoms with Crippen LogP contribution in [0, 0.1) is 11.8 Å². The zero-order valence-corrected chi connectivity index (χ0v) is 7.20. The number of amides is 1. The van der Waals surface area contributed by atoms with Crippen LogP contribution in [0.25, 0.3) is 0 Å². The Hall–Kier alpha value is -1.06. The van der Waals surface area contributed by atoms with Gasteiger partial charge in [0.2, 0.25) is 5.91 Å². The molecule has 1 rings (SSSR count). The lowest BCUT2D eigenvalue weighted by Crippen LogP contribution is -2.38. The number of rotatable bonds is 2. The van der Waals surface area contributed by atoms with Gasteiger partial charge in [0.05, 0.1) is 0 Å². The van der Waals surface area contributed by atoms with Gasteiger partial charge in [0.25, 0.3) is 0 Å². The second-order valence-electron chi connectivity index (χ2n) is 3.50. The largest absolute Gasteiger partial charge is 0.480 e. The smallest absolute Gasteiger partial charge is 0.326 e. The van der Waals surface area contributed by atoms with Crippen LogP contribution >= 0.6 is 0 Å². The molecule has 0 aromatic carbocycles. The van der Waals surface area contributed by atoms with E-state index in [1.807, 2.05) is 13.8 Å². The first-order chi connectivity index (χ1) is 5.52. The molecule has 0 radical (unpaired) electrons. The van der Waals surface area contributed by atoms with Gasteiger partial charge >= 0.3 is 5.97 Å². The van der Waals surface area contributed by atoms with Crippen molar-refractivity contribution < 1.29 is 14.7 Å². The fourth-order valence-corrected chi connectivity index (χ4v) is 1.54. The Morgan fingerprint density at radius 3 is 2.58 bits per heavy atom. The lowest BCUT2D eigenvalue weighted by atomic mass is 9.89. The highest BCUT2D eigenvalue weighted by molar-refractivity contribution is 5.87. The minimum atomic E-state index is -0.931. The standard InChI is InChI=1S/C8H13NO3/c1-4(2)5-3-6(10)9-7(5)8(11)12/h4-5,7H,3H2,1-2H3,(H,9,10)(H,11,12)/t5-,7-/m1/s1. The topological polar surface area (TPSA) is 66.4 Å². The summed E-state index contributed by atoms with van der Waals surface area (Å²) in [6, 6.07) is -0.683. The molecule has 0 saturated carbocycles. The number of hydrogen-bond donors (Lipinski definition) is 2. The molecular formula is C8H13NO3. The SMILES string of the molecule is CC(C)[C@H]1CC(=O)N[C@H]1C(=O)O. The number of hydrogen-bond acceptors (Lipinski definition) is 2. The third kappa shape index (κ3) is 1.57. The van der Waals surface area contributed by atoms with Gasteiger partial charge in [-0.1, -0.05) is 13.8 Å². The third-order valence-corrected chi connectivity index (χ3v) is 2.29. The number of carboxylic acid groups (broad SMARTS) is 1. The van der Waals surface area contributed by atoms with Crippen molar-refractivity contribution >= 4 is 11.9 Å². The van der Waals surface area contributed by atoms with Gasteiger partial charge in [-0.2, -0.15) is 0 Å². The molecule has 4 heteroatoms. The summed E-state index contributed by atoms with van der Waals surface area (Å²) in [4.78, 5) is 21.5. The van der Waals surface area contributed by atoms with E-state index in [0.717, 1.165) is 0 Å². The molecule has 1 amide bonds. The van der Waals surface area contributed by atoms with Crippen LogP contribution in [0.2, 0.25) is 0 Å². The first-order valence-electron chi connectivity index (χ1n) is 4.04. The zero-order chi connectivity index (χ0) is 9.30. The van der Waals surface area contributed by atoms with Gasteiger partial charge < -0.3 is 10.4 Å². The predicted octanol–water partition coefficient (Wildman–Crippen LogP) is 0.232. The second-order valence-corrected chi connectivity index (χ2v) is 3.50. The van der Waals surface area contributed by atoms with E-state index < -0.39 is 12.0 Å². The summed E-state index contributed by atoms with van der Waals surface area (Å²) < 4.78 is 0. The summed E-state index contributed by atoms with van der Waals surface area (Å²) in [5.41, 5.74) is 0. The van der Waals surface area contributed by atoms with Crippen LogP contribution in [0.15, 0.2) is 0 Å². The minimum absolute atomic E-state index is 0.0602. The van der Waals surface area contributed by atoms with Gasteiger partial charge in [0, 0.05) is 12.3 Å². The van der Waals surface area contributed by atoms with Crippen molar-refractivity contribution in [3.63, 3.8) is 0 Å². The van der Waals surface area contributed by atoms with Gasteiger partial charge in [-0.05, 0) is 5.92 Å². The molecule has 2 atom stereocenters. The average Bonchev–Trinajstić information content (AvgIpc) is 2.31. The van der Waals surface area contributed by atoms with Crippen LogP contribution in [-0.4, -0.2) is 23.0 Å². The summed E-state index contributed by atoms with van der Waals surface area (Å²) in [6.45, 7) is 3.86. The predicted molar refractivity (Wildman–Crippen MR) is 42.5 cm³/mol. The summed E-state index contributed by atoms with van der Waals surface area (Å²) in [5.74, 6) is -0.916. The summed E-state index contributed by atoms with van der Waals surface area (Å²) >= 11 is 0.